The fourth-order valence-corrected chi connectivity index (χ4v) is 2.31. The summed E-state index contributed by atoms with van der Waals surface area (Å²) in [6, 6.07) is 10.3. The van der Waals surface area contributed by atoms with E-state index in [-0.39, 0.29) is 0 Å². The van der Waals surface area contributed by atoms with Gasteiger partial charge in [-0.2, -0.15) is 0 Å². The minimum atomic E-state index is 0.770. The van der Waals surface area contributed by atoms with Crippen LogP contribution in [0.15, 0.2) is 48.6 Å². The Hall–Kier alpha value is -1.74. The second-order valence-corrected chi connectivity index (χ2v) is 4.79. The molecule has 1 fully saturated rings. The molecule has 18 heavy (non-hydrogen) atoms. The van der Waals surface area contributed by atoms with E-state index in [1.165, 1.54) is 37.7 Å². The Morgan fingerprint density at radius 3 is 2.39 bits per heavy atom. The van der Waals surface area contributed by atoms with Gasteiger partial charge in [0, 0.05) is 0 Å². The SMILES string of the molecule is C(#C/C=C/C1CCCCC1)/C=C/c1ccccc1. The maximum absolute atomic E-state index is 3.09. The highest BCUT2D eigenvalue weighted by Crippen LogP contribution is 2.24. The van der Waals surface area contributed by atoms with E-state index in [1.54, 1.807) is 0 Å². The number of benzene rings is 1. The Labute approximate surface area is 110 Å². The molecule has 0 N–H and O–H groups in total. The molecule has 0 aliphatic heterocycles. The fraction of sp³-hybridized carbons (Fsp3) is 0.333. The maximum atomic E-state index is 3.09. The highest BCUT2D eigenvalue weighted by molar-refractivity contribution is 5.52. The van der Waals surface area contributed by atoms with Crippen LogP contribution in [0.25, 0.3) is 6.08 Å². The van der Waals surface area contributed by atoms with Crippen LogP contribution in [0.3, 0.4) is 0 Å². The van der Waals surface area contributed by atoms with E-state index in [0.717, 1.165) is 5.92 Å². The molecular formula is C18H20. The summed E-state index contributed by atoms with van der Waals surface area (Å²) in [6.45, 7) is 0. The Balaban J connectivity index is 1.78. The topological polar surface area (TPSA) is 0 Å². The smallest absolute Gasteiger partial charge is 0.0109 e. The van der Waals surface area contributed by atoms with Crippen LogP contribution < -0.4 is 0 Å². The van der Waals surface area contributed by atoms with Crippen molar-refractivity contribution in [2.75, 3.05) is 0 Å². The van der Waals surface area contributed by atoms with Crippen LogP contribution in [-0.4, -0.2) is 0 Å². The van der Waals surface area contributed by atoms with Gasteiger partial charge in [0.15, 0.2) is 0 Å². The number of hydrogen-bond donors (Lipinski definition) is 0. The van der Waals surface area contributed by atoms with Gasteiger partial charge in [0.2, 0.25) is 0 Å². The van der Waals surface area contributed by atoms with Crippen LogP contribution in [0.1, 0.15) is 37.7 Å². The van der Waals surface area contributed by atoms with Gasteiger partial charge >= 0.3 is 0 Å². The van der Waals surface area contributed by atoms with Crippen molar-refractivity contribution >= 4 is 6.08 Å². The number of hydrogen-bond acceptors (Lipinski definition) is 0. The van der Waals surface area contributed by atoms with Crippen LogP contribution in [0.2, 0.25) is 0 Å². The van der Waals surface area contributed by atoms with Crippen LogP contribution in [0.4, 0.5) is 0 Å². The standard InChI is InChI=1S/C18H20/c1(5-11-17-13-7-3-8-14-17)2-6-12-18-15-9-4-10-16-18/h3,5-8,11-14,18H,4,9-10,15-16H2/b11-5+,12-6+. The Kier molecular flexibility index (Phi) is 5.34. The second kappa shape index (κ2) is 7.56. The summed E-state index contributed by atoms with van der Waals surface area (Å²) in [6.07, 6.45) is 15.1. The van der Waals surface area contributed by atoms with Gasteiger partial charge in [-0.1, -0.05) is 67.5 Å². The lowest BCUT2D eigenvalue weighted by molar-refractivity contribution is 0.419. The van der Waals surface area contributed by atoms with Crippen molar-refractivity contribution in [1.82, 2.24) is 0 Å². The Morgan fingerprint density at radius 1 is 0.889 bits per heavy atom. The molecule has 0 nitrogen and oxygen atoms in total. The molecule has 1 aliphatic carbocycles. The van der Waals surface area contributed by atoms with Crippen molar-refractivity contribution in [2.24, 2.45) is 5.92 Å². The molecule has 0 radical (unpaired) electrons. The molecule has 0 unspecified atom stereocenters. The molecule has 0 aromatic heterocycles. The van der Waals surface area contributed by atoms with Crippen molar-refractivity contribution in [3.63, 3.8) is 0 Å². The zero-order chi connectivity index (χ0) is 12.5. The molecule has 0 amide bonds. The van der Waals surface area contributed by atoms with Gasteiger partial charge in [-0.3, -0.25) is 0 Å². The normalized spacial score (nSPS) is 16.9. The number of rotatable bonds is 2. The van der Waals surface area contributed by atoms with Gasteiger partial charge in [0.25, 0.3) is 0 Å². The zero-order valence-electron chi connectivity index (χ0n) is 10.8. The molecule has 92 valence electrons. The zero-order valence-corrected chi connectivity index (χ0v) is 10.8. The largest absolute Gasteiger partial charge is 0.0730 e. The predicted octanol–water partition coefficient (Wildman–Crippen LogP) is 4.84. The molecule has 0 atom stereocenters. The van der Waals surface area contributed by atoms with Gasteiger partial charge in [-0.15, -0.1) is 0 Å². The first-order valence-corrected chi connectivity index (χ1v) is 6.84. The molecule has 0 bridgehead atoms. The predicted molar refractivity (Wildman–Crippen MR) is 79.0 cm³/mol. The summed E-state index contributed by atoms with van der Waals surface area (Å²) in [5.41, 5.74) is 1.20. The van der Waals surface area contributed by atoms with Crippen LogP contribution in [0, 0.1) is 17.8 Å². The Morgan fingerprint density at radius 2 is 1.61 bits per heavy atom. The van der Waals surface area contributed by atoms with E-state index in [2.05, 4.69) is 30.0 Å². The van der Waals surface area contributed by atoms with Crippen molar-refractivity contribution < 1.29 is 0 Å². The third kappa shape index (κ3) is 4.63. The summed E-state index contributed by atoms with van der Waals surface area (Å²) in [5.74, 6) is 6.91. The first-order chi connectivity index (χ1) is 8.95. The van der Waals surface area contributed by atoms with Crippen LogP contribution in [0.5, 0.6) is 0 Å². The van der Waals surface area contributed by atoms with Crippen molar-refractivity contribution in [2.45, 2.75) is 32.1 Å². The lowest BCUT2D eigenvalue weighted by atomic mass is 9.89. The molecular weight excluding hydrogens is 216 g/mol. The quantitative estimate of drug-likeness (QED) is 0.644. The fourth-order valence-electron chi connectivity index (χ4n) is 2.31. The lowest BCUT2D eigenvalue weighted by Crippen LogP contribution is -2.02. The van der Waals surface area contributed by atoms with Gasteiger partial charge < -0.3 is 0 Å². The minimum Gasteiger partial charge on any atom is -0.0730 e. The highest BCUT2D eigenvalue weighted by atomic mass is 14.1. The van der Waals surface area contributed by atoms with E-state index >= 15 is 0 Å². The molecule has 2 rings (SSSR count). The molecule has 1 aliphatic rings. The minimum absolute atomic E-state index is 0.770. The third-order valence-electron chi connectivity index (χ3n) is 3.34. The molecule has 0 spiro atoms. The van der Waals surface area contributed by atoms with Crippen molar-refractivity contribution in [3.8, 4) is 11.8 Å². The summed E-state index contributed by atoms with van der Waals surface area (Å²) >= 11 is 0. The van der Waals surface area contributed by atoms with E-state index in [1.807, 2.05) is 36.4 Å². The van der Waals surface area contributed by atoms with Gasteiger partial charge in [0.1, 0.15) is 0 Å². The number of allylic oxidation sites excluding steroid dienone is 3. The second-order valence-electron chi connectivity index (χ2n) is 4.79. The van der Waals surface area contributed by atoms with Crippen molar-refractivity contribution in [3.05, 3.63) is 54.1 Å². The maximum Gasteiger partial charge on any atom is -0.0109 e. The average molecular weight is 236 g/mol. The van der Waals surface area contributed by atoms with E-state index in [0.29, 0.717) is 0 Å². The van der Waals surface area contributed by atoms with Crippen LogP contribution in [-0.2, 0) is 0 Å². The summed E-state index contributed by atoms with van der Waals surface area (Å²) in [7, 11) is 0. The van der Waals surface area contributed by atoms with E-state index in [9.17, 15) is 0 Å². The first kappa shape index (κ1) is 12.7. The van der Waals surface area contributed by atoms with Gasteiger partial charge in [-0.05, 0) is 42.6 Å². The van der Waals surface area contributed by atoms with E-state index in [4.69, 9.17) is 0 Å². The first-order valence-electron chi connectivity index (χ1n) is 6.84. The Bertz CT molecular complexity index is 448. The lowest BCUT2D eigenvalue weighted by Gasteiger charge is -2.17. The molecule has 1 aromatic carbocycles. The van der Waals surface area contributed by atoms with Gasteiger partial charge in [0.05, 0.1) is 0 Å². The molecule has 0 saturated heterocycles. The van der Waals surface area contributed by atoms with Crippen molar-refractivity contribution in [1.29, 1.82) is 0 Å². The third-order valence-corrected chi connectivity index (χ3v) is 3.34. The molecule has 1 saturated carbocycles. The molecule has 1 aromatic rings. The average Bonchev–Trinajstić information content (AvgIpc) is 2.45. The van der Waals surface area contributed by atoms with E-state index < -0.39 is 0 Å². The summed E-state index contributed by atoms with van der Waals surface area (Å²) in [4.78, 5) is 0. The molecule has 0 heteroatoms. The van der Waals surface area contributed by atoms with Crippen LogP contribution >= 0.6 is 0 Å². The monoisotopic (exact) mass is 236 g/mol. The highest BCUT2D eigenvalue weighted by Gasteiger charge is 2.08. The van der Waals surface area contributed by atoms with Gasteiger partial charge in [-0.25, -0.2) is 0 Å². The summed E-state index contributed by atoms with van der Waals surface area (Å²) < 4.78 is 0. The summed E-state index contributed by atoms with van der Waals surface area (Å²) in [5, 5.41) is 0. The molecule has 0 heterocycles.